The summed E-state index contributed by atoms with van der Waals surface area (Å²) in [7, 11) is 3.80. The van der Waals surface area contributed by atoms with Crippen molar-refractivity contribution in [3.05, 3.63) is 29.1 Å². The van der Waals surface area contributed by atoms with Gasteiger partial charge in [0.1, 0.15) is 4.60 Å². The molecule has 6 heteroatoms. The number of halogens is 1. The quantitative estimate of drug-likeness (QED) is 0.827. The van der Waals surface area contributed by atoms with E-state index in [2.05, 4.69) is 31.0 Å². The van der Waals surface area contributed by atoms with Crippen LogP contribution in [0.25, 0.3) is 5.82 Å². The lowest BCUT2D eigenvalue weighted by Crippen LogP contribution is -2.13. The van der Waals surface area contributed by atoms with Crippen LogP contribution < -0.4 is 4.90 Å². The smallest absolute Gasteiger partial charge is 0.226 e. The molecule has 0 aliphatic carbocycles. The number of anilines is 1. The van der Waals surface area contributed by atoms with Gasteiger partial charge in [-0.3, -0.25) is 0 Å². The van der Waals surface area contributed by atoms with E-state index in [-0.39, 0.29) is 0 Å². The maximum Gasteiger partial charge on any atom is 0.226 e. The first-order valence-electron chi connectivity index (χ1n) is 4.39. The molecule has 0 amide bonds. The van der Waals surface area contributed by atoms with Crippen molar-refractivity contribution in [1.29, 1.82) is 0 Å². The average molecular weight is 268 g/mol. The van der Waals surface area contributed by atoms with E-state index in [4.69, 9.17) is 0 Å². The SMILES string of the molecule is CN(C)c1nccc(-n2ccc(Br)n2)n1. The molecule has 0 bridgehead atoms. The van der Waals surface area contributed by atoms with Crippen LogP contribution in [-0.4, -0.2) is 33.8 Å². The van der Waals surface area contributed by atoms with Crippen LogP contribution in [0.3, 0.4) is 0 Å². The molecular formula is C9H10BrN5. The first kappa shape index (κ1) is 10.1. The Hall–Kier alpha value is -1.43. The summed E-state index contributed by atoms with van der Waals surface area (Å²) in [6.07, 6.45) is 3.55. The van der Waals surface area contributed by atoms with E-state index >= 15 is 0 Å². The van der Waals surface area contributed by atoms with Crippen molar-refractivity contribution in [3.8, 4) is 5.82 Å². The lowest BCUT2D eigenvalue weighted by Gasteiger charge is -2.10. The highest BCUT2D eigenvalue weighted by Crippen LogP contribution is 2.10. The Morgan fingerprint density at radius 1 is 1.33 bits per heavy atom. The molecule has 0 atom stereocenters. The fourth-order valence-corrected chi connectivity index (χ4v) is 1.40. The first-order chi connectivity index (χ1) is 7.16. The Balaban J connectivity index is 2.41. The van der Waals surface area contributed by atoms with Crippen LogP contribution in [0.15, 0.2) is 29.1 Å². The summed E-state index contributed by atoms with van der Waals surface area (Å²) < 4.78 is 2.48. The van der Waals surface area contributed by atoms with Crippen LogP contribution in [0, 0.1) is 0 Å². The number of aromatic nitrogens is 4. The maximum absolute atomic E-state index is 4.35. The van der Waals surface area contributed by atoms with Gasteiger partial charge >= 0.3 is 0 Å². The van der Waals surface area contributed by atoms with Crippen LogP contribution >= 0.6 is 15.9 Å². The van der Waals surface area contributed by atoms with E-state index in [0.717, 1.165) is 10.4 Å². The fourth-order valence-electron chi connectivity index (χ4n) is 1.11. The molecule has 0 unspecified atom stereocenters. The standard InChI is InChI=1S/C9H10BrN5/c1-14(2)9-11-5-3-8(12-9)15-6-4-7(10)13-15/h3-6H,1-2H3. The molecule has 2 heterocycles. The summed E-state index contributed by atoms with van der Waals surface area (Å²) in [5.41, 5.74) is 0. The van der Waals surface area contributed by atoms with Gasteiger partial charge in [-0.1, -0.05) is 0 Å². The molecule has 15 heavy (non-hydrogen) atoms. The van der Waals surface area contributed by atoms with E-state index in [1.54, 1.807) is 10.9 Å². The third-order valence-corrected chi connectivity index (χ3v) is 2.24. The highest BCUT2D eigenvalue weighted by molar-refractivity contribution is 9.10. The van der Waals surface area contributed by atoms with Crippen molar-refractivity contribution in [1.82, 2.24) is 19.7 Å². The van der Waals surface area contributed by atoms with Crippen molar-refractivity contribution in [2.45, 2.75) is 0 Å². The van der Waals surface area contributed by atoms with Gasteiger partial charge < -0.3 is 4.90 Å². The molecule has 0 saturated heterocycles. The maximum atomic E-state index is 4.35. The number of rotatable bonds is 2. The highest BCUT2D eigenvalue weighted by Gasteiger charge is 2.03. The minimum atomic E-state index is 0.666. The summed E-state index contributed by atoms with van der Waals surface area (Å²) in [4.78, 5) is 10.3. The zero-order valence-corrected chi connectivity index (χ0v) is 10.0. The molecule has 0 radical (unpaired) electrons. The molecule has 2 aromatic rings. The molecule has 78 valence electrons. The monoisotopic (exact) mass is 267 g/mol. The largest absolute Gasteiger partial charge is 0.347 e. The number of hydrogen-bond acceptors (Lipinski definition) is 4. The molecule has 0 fully saturated rings. The molecule has 5 nitrogen and oxygen atoms in total. The van der Waals surface area contributed by atoms with Crippen molar-refractivity contribution < 1.29 is 0 Å². The minimum Gasteiger partial charge on any atom is -0.347 e. The predicted octanol–water partition coefficient (Wildman–Crippen LogP) is 1.49. The van der Waals surface area contributed by atoms with Gasteiger partial charge in [0.2, 0.25) is 5.95 Å². The van der Waals surface area contributed by atoms with Crippen molar-refractivity contribution in [2.24, 2.45) is 0 Å². The van der Waals surface area contributed by atoms with Gasteiger partial charge in [0.15, 0.2) is 5.82 Å². The molecule has 0 N–H and O–H groups in total. The van der Waals surface area contributed by atoms with Gasteiger partial charge in [0.25, 0.3) is 0 Å². The van der Waals surface area contributed by atoms with Crippen LogP contribution in [-0.2, 0) is 0 Å². The van der Waals surface area contributed by atoms with Crippen LogP contribution in [0.1, 0.15) is 0 Å². The van der Waals surface area contributed by atoms with E-state index in [0.29, 0.717) is 5.95 Å². The average Bonchev–Trinajstić information content (AvgIpc) is 2.65. The van der Waals surface area contributed by atoms with Gasteiger partial charge in [-0.05, 0) is 22.0 Å². The third-order valence-electron chi connectivity index (χ3n) is 1.82. The van der Waals surface area contributed by atoms with Crippen molar-refractivity contribution >= 4 is 21.9 Å². The second-order valence-electron chi connectivity index (χ2n) is 3.19. The Kier molecular flexibility index (Phi) is 2.68. The van der Waals surface area contributed by atoms with Crippen LogP contribution in [0.4, 0.5) is 5.95 Å². The van der Waals surface area contributed by atoms with E-state index < -0.39 is 0 Å². The summed E-state index contributed by atoms with van der Waals surface area (Å²) in [5, 5.41) is 4.21. The summed E-state index contributed by atoms with van der Waals surface area (Å²) in [6, 6.07) is 3.67. The number of nitrogens with zero attached hydrogens (tertiary/aromatic N) is 5. The Labute approximate surface area is 95.9 Å². The van der Waals surface area contributed by atoms with Crippen LogP contribution in [0.5, 0.6) is 0 Å². The number of hydrogen-bond donors (Lipinski definition) is 0. The Bertz CT molecular complexity index is 465. The Morgan fingerprint density at radius 2 is 2.13 bits per heavy atom. The lowest BCUT2D eigenvalue weighted by atomic mass is 10.6. The Morgan fingerprint density at radius 3 is 2.73 bits per heavy atom. The zero-order chi connectivity index (χ0) is 10.8. The molecule has 0 saturated carbocycles. The van der Waals surface area contributed by atoms with Crippen LogP contribution in [0.2, 0.25) is 0 Å². The predicted molar refractivity (Wildman–Crippen MR) is 61.2 cm³/mol. The molecule has 0 aromatic carbocycles. The second-order valence-corrected chi connectivity index (χ2v) is 4.00. The second kappa shape index (κ2) is 3.98. The molecule has 0 aliphatic rings. The van der Waals surface area contributed by atoms with E-state index in [1.165, 1.54) is 0 Å². The summed E-state index contributed by atoms with van der Waals surface area (Å²) >= 11 is 3.29. The first-order valence-corrected chi connectivity index (χ1v) is 5.18. The summed E-state index contributed by atoms with van der Waals surface area (Å²) in [5.74, 6) is 1.42. The van der Waals surface area contributed by atoms with Gasteiger partial charge in [-0.15, -0.1) is 0 Å². The topological polar surface area (TPSA) is 46.8 Å². The normalized spacial score (nSPS) is 10.3. The molecule has 0 aliphatic heterocycles. The minimum absolute atomic E-state index is 0.666. The van der Waals surface area contributed by atoms with E-state index in [1.807, 2.05) is 37.3 Å². The molecule has 0 spiro atoms. The molecule has 2 aromatic heterocycles. The lowest BCUT2D eigenvalue weighted by molar-refractivity contribution is 0.825. The molecular weight excluding hydrogens is 258 g/mol. The van der Waals surface area contributed by atoms with Crippen molar-refractivity contribution in [2.75, 3.05) is 19.0 Å². The van der Waals surface area contributed by atoms with Gasteiger partial charge in [0.05, 0.1) is 0 Å². The van der Waals surface area contributed by atoms with Gasteiger partial charge in [-0.2, -0.15) is 10.1 Å². The highest BCUT2D eigenvalue weighted by atomic mass is 79.9. The van der Waals surface area contributed by atoms with E-state index in [9.17, 15) is 0 Å². The molecule has 2 rings (SSSR count). The van der Waals surface area contributed by atoms with Gasteiger partial charge in [-0.25, -0.2) is 9.67 Å². The third kappa shape index (κ3) is 2.15. The van der Waals surface area contributed by atoms with Gasteiger partial charge in [0, 0.05) is 32.6 Å². The summed E-state index contributed by atoms with van der Waals surface area (Å²) in [6.45, 7) is 0. The van der Waals surface area contributed by atoms with Crippen molar-refractivity contribution in [3.63, 3.8) is 0 Å². The zero-order valence-electron chi connectivity index (χ0n) is 8.42. The fraction of sp³-hybridized carbons (Fsp3) is 0.222.